The summed E-state index contributed by atoms with van der Waals surface area (Å²) in [4.78, 5) is 0. The van der Waals surface area contributed by atoms with Crippen LogP contribution in [0.1, 0.15) is 47.0 Å². The summed E-state index contributed by atoms with van der Waals surface area (Å²) >= 11 is 1.95. The van der Waals surface area contributed by atoms with Crippen molar-refractivity contribution in [2.75, 3.05) is 18.6 Å². The lowest BCUT2D eigenvalue weighted by Gasteiger charge is -2.31. The van der Waals surface area contributed by atoms with Crippen molar-refractivity contribution < 1.29 is 0 Å². The molecule has 0 saturated carbocycles. The third-order valence-electron chi connectivity index (χ3n) is 2.59. The third kappa shape index (κ3) is 6.72. The molecule has 0 amide bonds. The summed E-state index contributed by atoms with van der Waals surface area (Å²) in [5.41, 5.74) is 0.398. The first-order chi connectivity index (χ1) is 6.52. The quantitative estimate of drug-likeness (QED) is 0.655. The van der Waals surface area contributed by atoms with E-state index in [0.29, 0.717) is 11.5 Å². The highest BCUT2D eigenvalue weighted by Gasteiger charge is 2.22. The average Bonchev–Trinajstić information content (AvgIpc) is 2.08. The van der Waals surface area contributed by atoms with Gasteiger partial charge in [-0.1, -0.05) is 34.1 Å². The molecule has 0 aliphatic heterocycles. The SMILES string of the molecule is CCNC(CCCCSC)C(C)(C)C. The maximum atomic E-state index is 3.59. The minimum atomic E-state index is 0.398. The molecule has 0 aromatic heterocycles. The predicted octanol–water partition coefficient (Wildman–Crippen LogP) is 3.54. The van der Waals surface area contributed by atoms with Gasteiger partial charge in [-0.3, -0.25) is 0 Å². The van der Waals surface area contributed by atoms with Crippen LogP contribution in [0.3, 0.4) is 0 Å². The Hall–Kier alpha value is 0.310. The molecule has 0 aromatic carbocycles. The summed E-state index contributed by atoms with van der Waals surface area (Å²) in [6.45, 7) is 10.3. The van der Waals surface area contributed by atoms with Gasteiger partial charge < -0.3 is 5.32 Å². The molecule has 86 valence electrons. The molecule has 1 unspecified atom stereocenters. The van der Waals surface area contributed by atoms with Gasteiger partial charge in [-0.25, -0.2) is 0 Å². The van der Waals surface area contributed by atoms with Crippen molar-refractivity contribution in [1.82, 2.24) is 5.32 Å². The molecule has 1 nitrogen and oxygen atoms in total. The first kappa shape index (κ1) is 14.3. The van der Waals surface area contributed by atoms with Crippen LogP contribution in [0.2, 0.25) is 0 Å². The zero-order valence-electron chi connectivity index (χ0n) is 10.5. The fourth-order valence-electron chi connectivity index (χ4n) is 1.68. The van der Waals surface area contributed by atoms with Crippen molar-refractivity contribution in [3.05, 3.63) is 0 Å². The van der Waals surface area contributed by atoms with Gasteiger partial charge in [0.05, 0.1) is 0 Å². The second-order valence-corrected chi connectivity index (χ2v) is 5.95. The van der Waals surface area contributed by atoms with Gasteiger partial charge in [0.2, 0.25) is 0 Å². The Bertz CT molecular complexity index is 129. The number of hydrogen-bond acceptors (Lipinski definition) is 2. The summed E-state index contributed by atoms with van der Waals surface area (Å²) in [6, 6.07) is 0.675. The van der Waals surface area contributed by atoms with Gasteiger partial charge in [0.25, 0.3) is 0 Å². The Labute approximate surface area is 94.4 Å². The van der Waals surface area contributed by atoms with E-state index in [4.69, 9.17) is 0 Å². The summed E-state index contributed by atoms with van der Waals surface area (Å²) in [5.74, 6) is 1.31. The van der Waals surface area contributed by atoms with Crippen LogP contribution < -0.4 is 5.32 Å². The maximum absolute atomic E-state index is 3.59. The molecule has 0 aromatic rings. The van der Waals surface area contributed by atoms with Crippen molar-refractivity contribution in [1.29, 1.82) is 0 Å². The van der Waals surface area contributed by atoms with Crippen molar-refractivity contribution in [3.63, 3.8) is 0 Å². The Morgan fingerprint density at radius 1 is 1.21 bits per heavy atom. The summed E-state index contributed by atoms with van der Waals surface area (Å²) in [5, 5.41) is 3.59. The monoisotopic (exact) mass is 217 g/mol. The van der Waals surface area contributed by atoms with Crippen LogP contribution in [0.15, 0.2) is 0 Å². The highest BCUT2D eigenvalue weighted by Crippen LogP contribution is 2.23. The summed E-state index contributed by atoms with van der Waals surface area (Å²) in [6.07, 6.45) is 6.22. The lowest BCUT2D eigenvalue weighted by molar-refractivity contribution is 0.254. The molecule has 0 saturated heterocycles. The lowest BCUT2D eigenvalue weighted by atomic mass is 9.84. The number of nitrogens with one attached hydrogen (secondary N) is 1. The minimum Gasteiger partial charge on any atom is -0.314 e. The molecule has 0 aliphatic rings. The first-order valence-corrected chi connectivity index (χ1v) is 7.14. The Balaban J connectivity index is 3.74. The Morgan fingerprint density at radius 3 is 2.29 bits per heavy atom. The van der Waals surface area contributed by atoms with Crippen LogP contribution in [0.5, 0.6) is 0 Å². The number of hydrogen-bond donors (Lipinski definition) is 1. The van der Waals surface area contributed by atoms with E-state index in [-0.39, 0.29) is 0 Å². The Morgan fingerprint density at radius 2 is 1.86 bits per heavy atom. The molecule has 1 atom stereocenters. The molecule has 0 aliphatic carbocycles. The van der Waals surface area contributed by atoms with Gasteiger partial charge in [0, 0.05) is 6.04 Å². The van der Waals surface area contributed by atoms with Crippen LogP contribution in [0.4, 0.5) is 0 Å². The second-order valence-electron chi connectivity index (χ2n) is 4.96. The molecular formula is C12H27NS. The van der Waals surface area contributed by atoms with Crippen LogP contribution >= 0.6 is 11.8 Å². The van der Waals surface area contributed by atoms with Crippen LogP contribution in [0, 0.1) is 5.41 Å². The zero-order chi connectivity index (χ0) is 11.0. The predicted molar refractivity (Wildman–Crippen MR) is 69.2 cm³/mol. The fourth-order valence-corrected chi connectivity index (χ4v) is 2.18. The van der Waals surface area contributed by atoms with Crippen molar-refractivity contribution in [2.45, 2.75) is 53.0 Å². The van der Waals surface area contributed by atoms with E-state index in [2.05, 4.69) is 39.3 Å². The van der Waals surface area contributed by atoms with Gasteiger partial charge in [-0.05, 0) is 36.8 Å². The smallest absolute Gasteiger partial charge is 0.0115 e. The fraction of sp³-hybridized carbons (Fsp3) is 1.00. The van der Waals surface area contributed by atoms with E-state index in [9.17, 15) is 0 Å². The van der Waals surface area contributed by atoms with Crippen molar-refractivity contribution >= 4 is 11.8 Å². The Kier molecular flexibility index (Phi) is 7.75. The third-order valence-corrected chi connectivity index (χ3v) is 3.28. The van der Waals surface area contributed by atoms with E-state index < -0.39 is 0 Å². The normalized spacial score (nSPS) is 14.4. The van der Waals surface area contributed by atoms with Crippen molar-refractivity contribution in [3.8, 4) is 0 Å². The summed E-state index contributed by atoms with van der Waals surface area (Å²) in [7, 11) is 0. The number of unbranched alkanes of at least 4 members (excludes halogenated alkanes) is 1. The van der Waals surface area contributed by atoms with E-state index >= 15 is 0 Å². The van der Waals surface area contributed by atoms with Gasteiger partial charge in [0.15, 0.2) is 0 Å². The van der Waals surface area contributed by atoms with E-state index in [0.717, 1.165) is 6.54 Å². The second kappa shape index (κ2) is 7.58. The van der Waals surface area contributed by atoms with E-state index in [1.165, 1.54) is 25.0 Å². The molecule has 0 radical (unpaired) electrons. The molecule has 1 N–H and O–H groups in total. The highest BCUT2D eigenvalue weighted by molar-refractivity contribution is 7.98. The lowest BCUT2D eigenvalue weighted by Crippen LogP contribution is -2.40. The molecule has 14 heavy (non-hydrogen) atoms. The molecule has 0 heterocycles. The summed E-state index contributed by atoms with van der Waals surface area (Å²) < 4.78 is 0. The minimum absolute atomic E-state index is 0.398. The number of rotatable bonds is 7. The molecule has 0 spiro atoms. The van der Waals surface area contributed by atoms with Gasteiger partial charge >= 0.3 is 0 Å². The van der Waals surface area contributed by atoms with E-state index in [1.54, 1.807) is 0 Å². The topological polar surface area (TPSA) is 12.0 Å². The van der Waals surface area contributed by atoms with Crippen LogP contribution in [0.25, 0.3) is 0 Å². The molecule has 2 heteroatoms. The first-order valence-electron chi connectivity index (χ1n) is 5.74. The zero-order valence-corrected chi connectivity index (χ0v) is 11.3. The molecule has 0 rings (SSSR count). The van der Waals surface area contributed by atoms with Crippen LogP contribution in [-0.4, -0.2) is 24.6 Å². The largest absolute Gasteiger partial charge is 0.314 e. The molecule has 0 fully saturated rings. The van der Waals surface area contributed by atoms with Gasteiger partial charge in [0.1, 0.15) is 0 Å². The van der Waals surface area contributed by atoms with Crippen molar-refractivity contribution in [2.24, 2.45) is 5.41 Å². The van der Waals surface area contributed by atoms with Crippen LogP contribution in [-0.2, 0) is 0 Å². The van der Waals surface area contributed by atoms with Gasteiger partial charge in [-0.2, -0.15) is 11.8 Å². The average molecular weight is 217 g/mol. The maximum Gasteiger partial charge on any atom is 0.0115 e. The molecule has 0 bridgehead atoms. The van der Waals surface area contributed by atoms with E-state index in [1.807, 2.05) is 11.8 Å². The molecular weight excluding hydrogens is 190 g/mol. The standard InChI is InChI=1S/C12H27NS/c1-6-13-11(12(2,3)4)9-7-8-10-14-5/h11,13H,6-10H2,1-5H3. The number of thioether (sulfide) groups is 1. The van der Waals surface area contributed by atoms with Gasteiger partial charge in [-0.15, -0.1) is 0 Å². The highest BCUT2D eigenvalue weighted by atomic mass is 32.2.